The average molecular weight is 361 g/mol. The lowest BCUT2D eigenvalue weighted by atomic mass is 9.96. The first kappa shape index (κ1) is 17.6. The molecule has 3 aliphatic rings. The zero-order valence-corrected chi connectivity index (χ0v) is 15.4. The highest BCUT2D eigenvalue weighted by atomic mass is 19.1. The molecule has 2 heterocycles. The lowest BCUT2D eigenvalue weighted by Gasteiger charge is -2.29. The second-order valence-electron chi connectivity index (χ2n) is 7.72. The molecule has 6 heteroatoms. The van der Waals surface area contributed by atoms with Crippen LogP contribution in [0.3, 0.4) is 0 Å². The Balaban J connectivity index is 1.42. The van der Waals surface area contributed by atoms with Crippen LogP contribution < -0.4 is 10.1 Å². The quantitative estimate of drug-likeness (QED) is 0.886. The van der Waals surface area contributed by atoms with E-state index in [4.69, 9.17) is 4.74 Å². The molecular formula is C20H28FN3O2. The first-order chi connectivity index (χ1) is 12.6. The highest BCUT2D eigenvalue weighted by Gasteiger charge is 2.39. The van der Waals surface area contributed by atoms with Gasteiger partial charge in [-0.05, 0) is 57.2 Å². The smallest absolute Gasteiger partial charge is 0.322 e. The molecule has 1 saturated carbocycles. The van der Waals surface area contributed by atoms with E-state index in [9.17, 15) is 9.18 Å². The molecule has 0 spiro atoms. The van der Waals surface area contributed by atoms with E-state index >= 15 is 0 Å². The fourth-order valence-corrected chi connectivity index (χ4v) is 4.29. The van der Waals surface area contributed by atoms with Gasteiger partial charge in [-0.3, -0.25) is 0 Å². The van der Waals surface area contributed by atoms with Crippen LogP contribution in [0, 0.1) is 5.82 Å². The molecule has 0 unspecified atom stereocenters. The van der Waals surface area contributed by atoms with Crippen molar-refractivity contribution < 1.29 is 13.9 Å². The van der Waals surface area contributed by atoms with Gasteiger partial charge in [0.2, 0.25) is 0 Å². The van der Waals surface area contributed by atoms with Crippen molar-refractivity contribution in [3.8, 4) is 5.75 Å². The summed E-state index contributed by atoms with van der Waals surface area (Å²) in [5.74, 6) is -0.133. The van der Waals surface area contributed by atoms with Gasteiger partial charge in [0.05, 0.1) is 6.10 Å². The van der Waals surface area contributed by atoms with E-state index in [0.29, 0.717) is 11.7 Å². The molecule has 142 valence electrons. The van der Waals surface area contributed by atoms with Gasteiger partial charge in [0.15, 0.2) is 11.6 Å². The van der Waals surface area contributed by atoms with E-state index in [1.165, 1.54) is 6.07 Å². The van der Waals surface area contributed by atoms with E-state index < -0.39 is 5.82 Å². The fraction of sp³-hybridized carbons (Fsp3) is 0.650. The molecule has 2 atom stereocenters. The molecule has 26 heavy (non-hydrogen) atoms. The first-order valence-corrected chi connectivity index (χ1v) is 9.92. The topological polar surface area (TPSA) is 44.8 Å². The minimum atomic E-state index is -0.411. The number of nitrogens with one attached hydrogen (secondary N) is 1. The number of likely N-dealkylation sites (N-methyl/N-ethyl adjacent to an activating group) is 1. The highest BCUT2D eigenvalue weighted by molar-refractivity contribution is 5.90. The number of benzene rings is 1. The van der Waals surface area contributed by atoms with Crippen LogP contribution in [0.1, 0.15) is 45.4 Å². The monoisotopic (exact) mass is 361 g/mol. The molecule has 3 fully saturated rings. The van der Waals surface area contributed by atoms with Gasteiger partial charge < -0.3 is 19.9 Å². The van der Waals surface area contributed by atoms with Gasteiger partial charge >= 0.3 is 6.03 Å². The molecule has 2 saturated heterocycles. The summed E-state index contributed by atoms with van der Waals surface area (Å²) in [4.78, 5) is 17.3. The lowest BCUT2D eigenvalue weighted by Crippen LogP contribution is -2.45. The Morgan fingerprint density at radius 1 is 1.23 bits per heavy atom. The molecule has 2 bridgehead atoms. The number of carbonyl (C=O) groups excluding carboxylic acids is 1. The SMILES string of the molecule is CCN1CC[C@H]2CC[C@@H](C1)N2C(=O)Nc1ccc(OC2CCC2)c(F)c1. The van der Waals surface area contributed by atoms with Gasteiger partial charge in [-0.25, -0.2) is 9.18 Å². The number of amides is 2. The number of halogens is 1. The molecule has 0 aromatic heterocycles. The van der Waals surface area contributed by atoms with Crippen molar-refractivity contribution in [1.29, 1.82) is 0 Å². The van der Waals surface area contributed by atoms with Crippen molar-refractivity contribution in [2.24, 2.45) is 0 Å². The number of ether oxygens (including phenoxy) is 1. The Morgan fingerprint density at radius 3 is 2.73 bits per heavy atom. The Morgan fingerprint density at radius 2 is 2.04 bits per heavy atom. The van der Waals surface area contributed by atoms with Crippen LogP contribution in [0.25, 0.3) is 0 Å². The molecule has 1 aliphatic carbocycles. The minimum Gasteiger partial charge on any atom is -0.487 e. The first-order valence-electron chi connectivity index (χ1n) is 9.92. The van der Waals surface area contributed by atoms with Gasteiger partial charge in [-0.2, -0.15) is 0 Å². The number of carbonyl (C=O) groups is 1. The number of hydrogen-bond acceptors (Lipinski definition) is 3. The third-order valence-electron chi connectivity index (χ3n) is 6.08. The third-order valence-corrected chi connectivity index (χ3v) is 6.08. The molecule has 1 N–H and O–H groups in total. The maximum absolute atomic E-state index is 14.3. The Kier molecular flexibility index (Phi) is 5.02. The number of urea groups is 1. The second-order valence-corrected chi connectivity index (χ2v) is 7.72. The summed E-state index contributed by atoms with van der Waals surface area (Å²) in [6.07, 6.45) is 6.40. The summed E-state index contributed by atoms with van der Waals surface area (Å²) < 4.78 is 19.9. The van der Waals surface area contributed by atoms with E-state index in [0.717, 1.165) is 58.2 Å². The van der Waals surface area contributed by atoms with E-state index in [1.807, 2.05) is 4.90 Å². The maximum Gasteiger partial charge on any atom is 0.322 e. The van der Waals surface area contributed by atoms with Crippen molar-refractivity contribution in [3.63, 3.8) is 0 Å². The predicted molar refractivity (Wildman–Crippen MR) is 99.1 cm³/mol. The van der Waals surface area contributed by atoms with Gasteiger partial charge in [0.25, 0.3) is 0 Å². The zero-order chi connectivity index (χ0) is 18.1. The number of nitrogens with zero attached hydrogens (tertiary/aromatic N) is 2. The van der Waals surface area contributed by atoms with Gasteiger partial charge in [-0.15, -0.1) is 0 Å². The molecule has 1 aromatic carbocycles. The van der Waals surface area contributed by atoms with Crippen molar-refractivity contribution in [2.45, 2.75) is 63.6 Å². The molecule has 5 nitrogen and oxygen atoms in total. The van der Waals surface area contributed by atoms with Crippen LogP contribution >= 0.6 is 0 Å². The number of likely N-dealkylation sites (tertiary alicyclic amines) is 1. The van der Waals surface area contributed by atoms with Gasteiger partial charge in [0, 0.05) is 36.9 Å². The summed E-state index contributed by atoms with van der Waals surface area (Å²) in [5, 5.41) is 2.90. The van der Waals surface area contributed by atoms with Crippen LogP contribution in [-0.4, -0.2) is 53.7 Å². The predicted octanol–water partition coefficient (Wildman–Crippen LogP) is 3.85. The zero-order valence-electron chi connectivity index (χ0n) is 15.4. The van der Waals surface area contributed by atoms with Crippen LogP contribution in [0.15, 0.2) is 18.2 Å². The summed E-state index contributed by atoms with van der Waals surface area (Å²) in [6.45, 7) is 5.16. The van der Waals surface area contributed by atoms with Crippen LogP contribution in [0.4, 0.5) is 14.9 Å². The largest absolute Gasteiger partial charge is 0.487 e. The van der Waals surface area contributed by atoms with Gasteiger partial charge in [0.1, 0.15) is 0 Å². The molecule has 0 radical (unpaired) electrons. The Labute approximate surface area is 154 Å². The normalized spacial score (nSPS) is 26.3. The number of rotatable bonds is 4. The van der Waals surface area contributed by atoms with Crippen LogP contribution in [-0.2, 0) is 0 Å². The number of anilines is 1. The van der Waals surface area contributed by atoms with Crippen LogP contribution in [0.5, 0.6) is 5.75 Å². The van der Waals surface area contributed by atoms with Crippen molar-refractivity contribution in [2.75, 3.05) is 25.0 Å². The Bertz CT molecular complexity index is 664. The van der Waals surface area contributed by atoms with Gasteiger partial charge in [-0.1, -0.05) is 6.92 Å². The van der Waals surface area contributed by atoms with Crippen molar-refractivity contribution >= 4 is 11.7 Å². The van der Waals surface area contributed by atoms with E-state index in [1.54, 1.807) is 12.1 Å². The lowest BCUT2D eigenvalue weighted by molar-refractivity contribution is 0.115. The molecule has 4 rings (SSSR count). The fourth-order valence-electron chi connectivity index (χ4n) is 4.29. The summed E-state index contributed by atoms with van der Waals surface area (Å²) in [5.41, 5.74) is 0.490. The second kappa shape index (κ2) is 7.43. The molecule has 2 amide bonds. The third kappa shape index (κ3) is 3.52. The maximum atomic E-state index is 14.3. The number of hydrogen-bond donors (Lipinski definition) is 1. The Hall–Kier alpha value is -1.82. The summed E-state index contributed by atoms with van der Waals surface area (Å²) in [7, 11) is 0. The summed E-state index contributed by atoms with van der Waals surface area (Å²) >= 11 is 0. The number of fused-ring (bicyclic) bond motifs is 2. The highest BCUT2D eigenvalue weighted by Crippen LogP contribution is 2.32. The van der Waals surface area contributed by atoms with Crippen molar-refractivity contribution in [3.05, 3.63) is 24.0 Å². The van der Waals surface area contributed by atoms with Crippen molar-refractivity contribution in [1.82, 2.24) is 9.80 Å². The molecule has 1 aromatic rings. The van der Waals surface area contributed by atoms with Crippen LogP contribution in [0.2, 0.25) is 0 Å². The summed E-state index contributed by atoms with van der Waals surface area (Å²) in [6, 6.07) is 5.16. The van der Waals surface area contributed by atoms with E-state index in [-0.39, 0.29) is 23.9 Å². The molecule has 2 aliphatic heterocycles. The average Bonchev–Trinajstić information content (AvgIpc) is 2.87. The molecular weight excluding hydrogens is 333 g/mol. The minimum absolute atomic E-state index is 0.109. The van der Waals surface area contributed by atoms with E-state index in [2.05, 4.69) is 17.1 Å². The standard InChI is InChI=1S/C20H28FN3O2/c1-2-23-11-10-15-7-8-16(13-23)24(15)20(25)22-14-6-9-19(18(21)12-14)26-17-4-3-5-17/h6,9,12,15-17H,2-5,7-8,10-11,13H2,1H3,(H,22,25)/t15-,16+/m1/s1.